The summed E-state index contributed by atoms with van der Waals surface area (Å²) in [5.74, 6) is -0.187. The molecule has 1 atom stereocenters. The zero-order valence-electron chi connectivity index (χ0n) is 14.3. The maximum Gasteiger partial charge on any atom is 0.327 e. The number of thioether (sulfide) groups is 1. The maximum atomic E-state index is 12.3. The third kappa shape index (κ3) is 3.96. The minimum absolute atomic E-state index is 0.228. The number of benzene rings is 1. The van der Waals surface area contributed by atoms with E-state index in [2.05, 4.69) is 0 Å². The Morgan fingerprint density at radius 3 is 2.44 bits per heavy atom. The molecule has 0 bridgehead atoms. The van der Waals surface area contributed by atoms with Gasteiger partial charge in [0, 0.05) is 0 Å². The van der Waals surface area contributed by atoms with Crippen molar-refractivity contribution in [1.82, 2.24) is 4.90 Å². The second-order valence-electron chi connectivity index (χ2n) is 5.69. The summed E-state index contributed by atoms with van der Waals surface area (Å²) in [5, 5.41) is 9.05. The number of ether oxygens (including phenoxy) is 2. The molecule has 1 N–H and O–H groups in total. The van der Waals surface area contributed by atoms with Crippen molar-refractivity contribution in [3.63, 3.8) is 0 Å². The third-order valence-electron chi connectivity index (χ3n) is 3.69. The van der Waals surface area contributed by atoms with E-state index in [0.717, 1.165) is 17.3 Å². The Bertz CT molecular complexity index is 745. The largest absolute Gasteiger partial charge is 0.493 e. The molecule has 134 valence electrons. The van der Waals surface area contributed by atoms with Crippen LogP contribution in [0.3, 0.4) is 0 Å². The van der Waals surface area contributed by atoms with Gasteiger partial charge < -0.3 is 14.6 Å². The first-order chi connectivity index (χ1) is 11.8. The van der Waals surface area contributed by atoms with Crippen LogP contribution >= 0.6 is 24.0 Å². The highest BCUT2D eigenvalue weighted by Crippen LogP contribution is 2.37. The van der Waals surface area contributed by atoms with E-state index >= 15 is 0 Å². The number of hydrogen-bond acceptors (Lipinski definition) is 6. The van der Waals surface area contributed by atoms with Gasteiger partial charge in [0.25, 0.3) is 5.24 Å². The highest BCUT2D eigenvalue weighted by atomic mass is 32.2. The van der Waals surface area contributed by atoms with Crippen LogP contribution in [0.5, 0.6) is 11.5 Å². The molecule has 1 amide bonds. The van der Waals surface area contributed by atoms with Crippen molar-refractivity contribution >= 4 is 46.3 Å². The van der Waals surface area contributed by atoms with Crippen LogP contribution in [0.1, 0.15) is 19.4 Å². The number of nitrogens with zero attached hydrogens (tertiary/aromatic N) is 1. The fraction of sp³-hybridized carbons (Fsp3) is 0.353. The van der Waals surface area contributed by atoms with Gasteiger partial charge in [-0.15, -0.1) is 0 Å². The number of carbonyl (C=O) groups excluding carboxylic acids is 1. The first kappa shape index (κ1) is 19.3. The average molecular weight is 381 g/mol. The van der Waals surface area contributed by atoms with E-state index in [0.29, 0.717) is 16.4 Å². The van der Waals surface area contributed by atoms with Crippen molar-refractivity contribution < 1.29 is 24.2 Å². The van der Waals surface area contributed by atoms with E-state index in [1.54, 1.807) is 39.2 Å². The van der Waals surface area contributed by atoms with E-state index in [-0.39, 0.29) is 16.1 Å². The van der Waals surface area contributed by atoms with Gasteiger partial charge in [0.2, 0.25) is 0 Å². The molecule has 0 spiro atoms. The van der Waals surface area contributed by atoms with Crippen molar-refractivity contribution in [3.05, 3.63) is 28.7 Å². The van der Waals surface area contributed by atoms with Crippen LogP contribution in [-0.2, 0) is 4.79 Å². The SMILES string of the molecule is COc1ccc(/C=C2\SC(=O)N([C@@H](C(=O)O)C(C)C)C2=S)cc1OC. The minimum atomic E-state index is -1.07. The molecular formula is C17H19NO5S2. The first-order valence-corrected chi connectivity index (χ1v) is 8.74. The van der Waals surface area contributed by atoms with E-state index in [1.807, 2.05) is 6.07 Å². The molecule has 0 aliphatic carbocycles. The minimum Gasteiger partial charge on any atom is -0.493 e. The standard InChI is InChI=1S/C17H19NO5S2/c1-9(2)14(16(19)20)18-15(24)13(25-17(18)21)8-10-5-6-11(22-3)12(7-10)23-4/h5-9,14H,1-4H3,(H,19,20)/b13-8-/t14-/m1/s1. The second-order valence-corrected chi connectivity index (χ2v) is 7.07. The van der Waals surface area contributed by atoms with Crippen LogP contribution < -0.4 is 9.47 Å². The second kappa shape index (κ2) is 7.88. The molecule has 1 aromatic rings. The molecule has 0 aromatic heterocycles. The van der Waals surface area contributed by atoms with Gasteiger partial charge in [0.15, 0.2) is 11.5 Å². The average Bonchev–Trinajstić information content (AvgIpc) is 2.82. The van der Waals surface area contributed by atoms with E-state index in [4.69, 9.17) is 21.7 Å². The lowest BCUT2D eigenvalue weighted by Crippen LogP contribution is -2.46. The third-order valence-corrected chi connectivity index (χ3v) is 5.14. The van der Waals surface area contributed by atoms with Gasteiger partial charge in [-0.1, -0.05) is 32.1 Å². The van der Waals surface area contributed by atoms with Crippen LogP contribution in [-0.4, -0.2) is 46.5 Å². The molecule has 0 saturated carbocycles. The molecule has 0 radical (unpaired) electrons. The van der Waals surface area contributed by atoms with Crippen molar-refractivity contribution in [3.8, 4) is 11.5 Å². The van der Waals surface area contributed by atoms with Gasteiger partial charge >= 0.3 is 5.97 Å². The normalized spacial score (nSPS) is 17.3. The Morgan fingerprint density at radius 2 is 1.92 bits per heavy atom. The van der Waals surface area contributed by atoms with Crippen LogP contribution in [0.4, 0.5) is 4.79 Å². The summed E-state index contributed by atoms with van der Waals surface area (Å²) in [6, 6.07) is 4.34. The van der Waals surface area contributed by atoms with Crippen molar-refractivity contribution in [2.45, 2.75) is 19.9 Å². The van der Waals surface area contributed by atoms with E-state index in [9.17, 15) is 14.7 Å². The quantitative estimate of drug-likeness (QED) is 0.595. The predicted octanol–water partition coefficient (Wildman–Crippen LogP) is 3.65. The fourth-order valence-electron chi connectivity index (χ4n) is 2.51. The van der Waals surface area contributed by atoms with Crippen LogP contribution in [0, 0.1) is 5.92 Å². The lowest BCUT2D eigenvalue weighted by Gasteiger charge is -2.26. The van der Waals surface area contributed by atoms with Crippen LogP contribution in [0.25, 0.3) is 6.08 Å². The number of amides is 1. The zero-order valence-corrected chi connectivity index (χ0v) is 15.9. The van der Waals surface area contributed by atoms with Crippen LogP contribution in [0.15, 0.2) is 23.1 Å². The summed E-state index contributed by atoms with van der Waals surface area (Å²) in [6.07, 6.45) is 1.74. The topological polar surface area (TPSA) is 76.1 Å². The summed E-state index contributed by atoms with van der Waals surface area (Å²) in [4.78, 5) is 25.8. The molecule has 1 aromatic carbocycles. The molecule has 1 aliphatic heterocycles. The molecular weight excluding hydrogens is 362 g/mol. The molecule has 2 rings (SSSR count). The Kier molecular flexibility index (Phi) is 6.07. The Hall–Kier alpha value is -2.06. The van der Waals surface area contributed by atoms with Crippen LogP contribution in [0.2, 0.25) is 0 Å². The van der Waals surface area contributed by atoms with Gasteiger partial charge in [0.05, 0.1) is 19.1 Å². The van der Waals surface area contributed by atoms with Gasteiger partial charge in [-0.2, -0.15) is 0 Å². The molecule has 6 nitrogen and oxygen atoms in total. The number of carboxylic acids is 1. The molecule has 1 fully saturated rings. The Morgan fingerprint density at radius 1 is 1.28 bits per heavy atom. The molecule has 25 heavy (non-hydrogen) atoms. The van der Waals surface area contributed by atoms with Crippen molar-refractivity contribution in [2.75, 3.05) is 14.2 Å². The van der Waals surface area contributed by atoms with Gasteiger partial charge in [-0.3, -0.25) is 9.69 Å². The first-order valence-electron chi connectivity index (χ1n) is 7.52. The van der Waals surface area contributed by atoms with Gasteiger partial charge in [-0.25, -0.2) is 4.79 Å². The summed E-state index contributed by atoms with van der Waals surface area (Å²) >= 11 is 6.29. The molecule has 8 heteroatoms. The zero-order chi connectivity index (χ0) is 18.7. The molecule has 1 heterocycles. The maximum absolute atomic E-state index is 12.3. The lowest BCUT2D eigenvalue weighted by atomic mass is 10.0. The van der Waals surface area contributed by atoms with Crippen molar-refractivity contribution in [1.29, 1.82) is 0 Å². The lowest BCUT2D eigenvalue weighted by molar-refractivity contribution is -0.142. The number of hydrogen-bond donors (Lipinski definition) is 1. The number of methoxy groups -OCH3 is 2. The van der Waals surface area contributed by atoms with E-state index < -0.39 is 12.0 Å². The highest BCUT2D eigenvalue weighted by Gasteiger charge is 2.41. The summed E-state index contributed by atoms with van der Waals surface area (Å²) in [7, 11) is 3.08. The number of carboxylic acid groups (broad SMARTS) is 1. The monoisotopic (exact) mass is 381 g/mol. The number of rotatable bonds is 6. The Balaban J connectivity index is 2.36. The van der Waals surface area contributed by atoms with Gasteiger partial charge in [0.1, 0.15) is 11.0 Å². The number of thiocarbonyl (C=S) groups is 1. The van der Waals surface area contributed by atoms with Gasteiger partial charge in [-0.05, 0) is 41.5 Å². The summed E-state index contributed by atoms with van der Waals surface area (Å²) in [5.41, 5.74) is 0.772. The summed E-state index contributed by atoms with van der Waals surface area (Å²) in [6.45, 7) is 3.49. The smallest absolute Gasteiger partial charge is 0.327 e. The highest BCUT2D eigenvalue weighted by molar-refractivity contribution is 8.19. The number of aliphatic carboxylic acids is 1. The van der Waals surface area contributed by atoms with Crippen molar-refractivity contribution in [2.24, 2.45) is 5.92 Å². The Labute approximate surface area is 155 Å². The molecule has 1 aliphatic rings. The number of carbonyl (C=O) groups is 2. The van der Waals surface area contributed by atoms with E-state index in [1.165, 1.54) is 12.0 Å². The fourth-order valence-corrected chi connectivity index (χ4v) is 3.82. The molecule has 1 saturated heterocycles. The molecule has 0 unspecified atom stereocenters. The predicted molar refractivity (Wildman–Crippen MR) is 101 cm³/mol. The summed E-state index contributed by atoms with van der Waals surface area (Å²) < 4.78 is 10.5.